The maximum Gasteiger partial charge on any atom is 0.344 e. The molecule has 1 atom stereocenters. The first kappa shape index (κ1) is 15.5. The highest BCUT2D eigenvalue weighted by atomic mass is 16.2. The Labute approximate surface area is 134 Å². The summed E-state index contributed by atoms with van der Waals surface area (Å²) in [6.45, 7) is 2.63. The van der Waals surface area contributed by atoms with Gasteiger partial charge in [0, 0.05) is 13.0 Å². The molecule has 1 aliphatic rings. The van der Waals surface area contributed by atoms with Gasteiger partial charge in [0.2, 0.25) is 5.91 Å². The number of fused-ring (bicyclic) bond motifs is 1. The zero-order valence-electron chi connectivity index (χ0n) is 13.3. The Morgan fingerprint density at radius 1 is 1.43 bits per heavy atom. The van der Waals surface area contributed by atoms with Gasteiger partial charge in [-0.2, -0.15) is 5.10 Å². The number of amides is 1. The number of carbonyl (C=O) groups is 1. The van der Waals surface area contributed by atoms with Crippen LogP contribution in [-0.4, -0.2) is 27.2 Å². The lowest BCUT2D eigenvalue weighted by molar-refractivity contribution is -0.124. The summed E-state index contributed by atoms with van der Waals surface area (Å²) < 4.78 is 1.52. The van der Waals surface area contributed by atoms with Gasteiger partial charge in [-0.3, -0.25) is 9.36 Å². The Balaban J connectivity index is 1.64. The summed E-state index contributed by atoms with van der Waals surface area (Å²) in [5.74, 6) is 0.593. The Hall–Kier alpha value is -2.37. The SMILES string of the molecule is Cc1cccc(CCNC(=O)C2CCCCc3n[nH]c(=O)n32)c1. The van der Waals surface area contributed by atoms with Crippen LogP contribution in [0.1, 0.15) is 42.3 Å². The van der Waals surface area contributed by atoms with E-state index in [9.17, 15) is 9.59 Å². The summed E-state index contributed by atoms with van der Waals surface area (Å²) in [5, 5.41) is 9.45. The lowest BCUT2D eigenvalue weighted by atomic mass is 10.1. The van der Waals surface area contributed by atoms with Gasteiger partial charge in [0.15, 0.2) is 0 Å². The normalized spacial score (nSPS) is 17.3. The second kappa shape index (κ2) is 6.81. The van der Waals surface area contributed by atoms with Crippen molar-refractivity contribution >= 4 is 5.91 Å². The number of nitrogens with zero attached hydrogens (tertiary/aromatic N) is 2. The van der Waals surface area contributed by atoms with Gasteiger partial charge in [0.05, 0.1) is 0 Å². The Kier molecular flexibility index (Phi) is 4.60. The molecule has 3 rings (SSSR count). The van der Waals surface area contributed by atoms with Crippen molar-refractivity contribution in [2.75, 3.05) is 6.54 Å². The molecule has 2 heterocycles. The van der Waals surface area contributed by atoms with E-state index in [4.69, 9.17) is 0 Å². The first-order valence-electron chi connectivity index (χ1n) is 8.14. The fraction of sp³-hybridized carbons (Fsp3) is 0.471. The molecule has 2 N–H and O–H groups in total. The number of hydrogen-bond acceptors (Lipinski definition) is 3. The van der Waals surface area contributed by atoms with E-state index in [-0.39, 0.29) is 11.6 Å². The third-order valence-electron chi connectivity index (χ3n) is 4.32. The minimum absolute atomic E-state index is 0.0932. The third kappa shape index (κ3) is 3.52. The van der Waals surface area contributed by atoms with Crippen LogP contribution < -0.4 is 11.0 Å². The fourth-order valence-corrected chi connectivity index (χ4v) is 3.15. The largest absolute Gasteiger partial charge is 0.354 e. The van der Waals surface area contributed by atoms with E-state index >= 15 is 0 Å². The van der Waals surface area contributed by atoms with Crippen molar-refractivity contribution in [1.82, 2.24) is 20.1 Å². The van der Waals surface area contributed by atoms with E-state index in [1.165, 1.54) is 15.7 Å². The van der Waals surface area contributed by atoms with Gasteiger partial charge in [-0.25, -0.2) is 9.89 Å². The summed E-state index contributed by atoms with van der Waals surface area (Å²) in [5.41, 5.74) is 2.13. The molecule has 0 fully saturated rings. The van der Waals surface area contributed by atoms with Gasteiger partial charge in [0.1, 0.15) is 11.9 Å². The third-order valence-corrected chi connectivity index (χ3v) is 4.32. The Morgan fingerprint density at radius 3 is 3.13 bits per heavy atom. The van der Waals surface area contributed by atoms with E-state index < -0.39 is 6.04 Å². The molecular weight excluding hydrogens is 292 g/mol. The number of carbonyl (C=O) groups excluding carboxylic acids is 1. The zero-order chi connectivity index (χ0) is 16.2. The van der Waals surface area contributed by atoms with Gasteiger partial charge in [-0.05, 0) is 31.7 Å². The fourth-order valence-electron chi connectivity index (χ4n) is 3.15. The van der Waals surface area contributed by atoms with Crippen LogP contribution in [0.25, 0.3) is 0 Å². The minimum Gasteiger partial charge on any atom is -0.354 e. The van der Waals surface area contributed by atoms with Crippen molar-refractivity contribution in [2.45, 2.75) is 45.1 Å². The van der Waals surface area contributed by atoms with Gasteiger partial charge in [-0.15, -0.1) is 0 Å². The predicted octanol–water partition coefficient (Wildman–Crippen LogP) is 1.51. The summed E-state index contributed by atoms with van der Waals surface area (Å²) in [7, 11) is 0. The van der Waals surface area contributed by atoms with E-state index in [1.807, 2.05) is 6.07 Å². The number of H-pyrrole nitrogens is 1. The van der Waals surface area contributed by atoms with Crippen LogP contribution in [0.2, 0.25) is 0 Å². The average molecular weight is 314 g/mol. The molecule has 1 amide bonds. The summed E-state index contributed by atoms with van der Waals surface area (Å²) in [6.07, 6.45) is 4.10. The lowest BCUT2D eigenvalue weighted by Crippen LogP contribution is -2.37. The molecule has 0 bridgehead atoms. The van der Waals surface area contributed by atoms with Crippen molar-refractivity contribution in [1.29, 1.82) is 0 Å². The standard InChI is InChI=1S/C17H22N4O2/c1-12-5-4-6-13(11-12)9-10-18-16(22)14-7-2-3-8-15-19-20-17(23)21(14)15/h4-6,11,14H,2-3,7-10H2,1H3,(H,18,22)(H,20,23). The molecule has 6 heteroatoms. The van der Waals surface area contributed by atoms with Crippen molar-refractivity contribution in [3.05, 3.63) is 51.7 Å². The molecule has 0 saturated heterocycles. The Bertz CT molecular complexity index is 747. The molecule has 1 unspecified atom stereocenters. The second-order valence-electron chi connectivity index (χ2n) is 6.11. The molecule has 2 aromatic rings. The molecule has 23 heavy (non-hydrogen) atoms. The number of aromatic amines is 1. The summed E-state index contributed by atoms with van der Waals surface area (Å²) >= 11 is 0. The molecular formula is C17H22N4O2. The maximum atomic E-state index is 12.5. The van der Waals surface area contributed by atoms with E-state index in [0.29, 0.717) is 18.8 Å². The van der Waals surface area contributed by atoms with E-state index in [0.717, 1.165) is 25.7 Å². The number of rotatable bonds is 4. The first-order valence-corrected chi connectivity index (χ1v) is 8.14. The quantitative estimate of drug-likeness (QED) is 0.897. The number of hydrogen-bond donors (Lipinski definition) is 2. The molecule has 0 spiro atoms. The topological polar surface area (TPSA) is 79.8 Å². The predicted molar refractivity (Wildman–Crippen MR) is 87.3 cm³/mol. The molecule has 1 aliphatic heterocycles. The summed E-state index contributed by atoms with van der Waals surface area (Å²) in [6, 6.07) is 7.81. The van der Waals surface area contributed by atoms with Crippen LogP contribution in [0.5, 0.6) is 0 Å². The van der Waals surface area contributed by atoms with Crippen molar-refractivity contribution in [3.8, 4) is 0 Å². The zero-order valence-corrected chi connectivity index (χ0v) is 13.3. The molecule has 0 saturated carbocycles. The highest BCUT2D eigenvalue weighted by molar-refractivity contribution is 5.80. The lowest BCUT2D eigenvalue weighted by Gasteiger charge is -2.16. The van der Waals surface area contributed by atoms with Crippen molar-refractivity contribution in [3.63, 3.8) is 0 Å². The van der Waals surface area contributed by atoms with Gasteiger partial charge >= 0.3 is 5.69 Å². The van der Waals surface area contributed by atoms with Crippen molar-refractivity contribution < 1.29 is 4.79 Å². The average Bonchev–Trinajstić information content (AvgIpc) is 2.77. The van der Waals surface area contributed by atoms with Crippen LogP contribution in [0, 0.1) is 6.92 Å². The molecule has 0 radical (unpaired) electrons. The summed E-state index contributed by atoms with van der Waals surface area (Å²) in [4.78, 5) is 24.4. The highest BCUT2D eigenvalue weighted by Gasteiger charge is 2.27. The van der Waals surface area contributed by atoms with Crippen LogP contribution in [-0.2, 0) is 17.6 Å². The van der Waals surface area contributed by atoms with Crippen LogP contribution in [0.4, 0.5) is 0 Å². The van der Waals surface area contributed by atoms with Gasteiger partial charge < -0.3 is 5.32 Å². The number of aromatic nitrogens is 3. The minimum atomic E-state index is -0.448. The Morgan fingerprint density at radius 2 is 2.30 bits per heavy atom. The molecule has 1 aromatic carbocycles. The van der Waals surface area contributed by atoms with Gasteiger partial charge in [-0.1, -0.05) is 36.2 Å². The number of nitrogens with one attached hydrogen (secondary N) is 2. The molecule has 0 aliphatic carbocycles. The second-order valence-corrected chi connectivity index (χ2v) is 6.11. The van der Waals surface area contributed by atoms with Crippen LogP contribution in [0.15, 0.2) is 29.1 Å². The van der Waals surface area contributed by atoms with Gasteiger partial charge in [0.25, 0.3) is 0 Å². The van der Waals surface area contributed by atoms with E-state index in [1.54, 1.807) is 0 Å². The van der Waals surface area contributed by atoms with E-state index in [2.05, 4.69) is 40.6 Å². The maximum absolute atomic E-state index is 12.5. The number of benzene rings is 1. The molecule has 122 valence electrons. The first-order chi connectivity index (χ1) is 11.1. The number of aryl methyl sites for hydroxylation is 2. The van der Waals surface area contributed by atoms with Crippen LogP contribution in [0.3, 0.4) is 0 Å². The van der Waals surface area contributed by atoms with Crippen molar-refractivity contribution in [2.24, 2.45) is 0 Å². The highest BCUT2D eigenvalue weighted by Crippen LogP contribution is 2.20. The molecule has 1 aromatic heterocycles. The molecule has 6 nitrogen and oxygen atoms in total. The van der Waals surface area contributed by atoms with Crippen LogP contribution >= 0.6 is 0 Å². The smallest absolute Gasteiger partial charge is 0.344 e. The monoisotopic (exact) mass is 314 g/mol.